The fourth-order valence-corrected chi connectivity index (χ4v) is 5.83. The van der Waals surface area contributed by atoms with Gasteiger partial charge in [0.2, 0.25) is 5.60 Å². The van der Waals surface area contributed by atoms with E-state index in [1.165, 1.54) is 0 Å². The van der Waals surface area contributed by atoms with Gasteiger partial charge in [-0.1, -0.05) is 0 Å². The van der Waals surface area contributed by atoms with Gasteiger partial charge in [-0.15, -0.1) is 0 Å². The van der Waals surface area contributed by atoms with E-state index in [1.54, 1.807) is 20.8 Å². The van der Waals surface area contributed by atoms with Gasteiger partial charge in [-0.05, 0) is 20.8 Å². The van der Waals surface area contributed by atoms with Crippen LogP contribution in [0.1, 0.15) is 27.2 Å². The molecule has 0 amide bonds. The van der Waals surface area contributed by atoms with Gasteiger partial charge in [0.05, 0.1) is 22.5 Å². The second-order valence-corrected chi connectivity index (χ2v) is 8.06. The molecule has 7 nitrogen and oxygen atoms in total. The first-order valence-corrected chi connectivity index (χ1v) is 7.63. The summed E-state index contributed by atoms with van der Waals surface area (Å²) in [6.45, 7) is 4.92. The lowest BCUT2D eigenvalue weighted by atomic mass is 9.52. The number of fused-ring (bicyclic) bond motifs is 4. The molecule has 5 fully saturated rings. The zero-order valence-electron chi connectivity index (χ0n) is 12.5. The molecule has 2 saturated carbocycles. The maximum Gasteiger partial charge on any atom is 0.342 e. The summed E-state index contributed by atoms with van der Waals surface area (Å²) in [5.74, 6) is -2.51. The largest absolute Gasteiger partial charge is 0.458 e. The molecule has 120 valence electrons. The number of carbonyl (C=O) groups is 2. The molecule has 22 heavy (non-hydrogen) atoms. The van der Waals surface area contributed by atoms with E-state index in [2.05, 4.69) is 0 Å². The standard InChI is InChI=1S/C15H18O7/c1-12(2,18)6-7-10(16)20-8(6)9-13(3)14(7,19)4-5-15(13,22-5)11(17)21-9/h5-9,18-19H,4H2,1-3H3/t5-,6?,7-,8-,9-,13-,14?,15+/m1/s1. The Bertz CT molecular complexity index is 638. The zero-order chi connectivity index (χ0) is 15.9. The van der Waals surface area contributed by atoms with E-state index >= 15 is 0 Å². The van der Waals surface area contributed by atoms with Crippen molar-refractivity contribution in [3.63, 3.8) is 0 Å². The highest BCUT2D eigenvalue weighted by Crippen LogP contribution is 2.77. The molecule has 3 saturated heterocycles. The van der Waals surface area contributed by atoms with Gasteiger partial charge in [-0.2, -0.15) is 0 Å². The second-order valence-electron chi connectivity index (χ2n) is 8.06. The Morgan fingerprint density at radius 3 is 2.59 bits per heavy atom. The third-order valence-electron chi connectivity index (χ3n) is 6.85. The lowest BCUT2D eigenvalue weighted by Gasteiger charge is -2.53. The van der Waals surface area contributed by atoms with Gasteiger partial charge in [0.15, 0.2) is 6.10 Å². The van der Waals surface area contributed by atoms with Crippen molar-refractivity contribution in [2.24, 2.45) is 17.3 Å². The van der Waals surface area contributed by atoms with Crippen molar-refractivity contribution < 1.29 is 34.0 Å². The molecule has 1 spiro atoms. The fraction of sp³-hybridized carbons (Fsp3) is 0.867. The monoisotopic (exact) mass is 310 g/mol. The Morgan fingerprint density at radius 2 is 1.95 bits per heavy atom. The molecule has 0 aromatic heterocycles. The van der Waals surface area contributed by atoms with Crippen molar-refractivity contribution in [3.8, 4) is 0 Å². The van der Waals surface area contributed by atoms with E-state index in [1.807, 2.05) is 0 Å². The van der Waals surface area contributed by atoms with E-state index in [9.17, 15) is 19.8 Å². The Hall–Kier alpha value is -1.18. The molecule has 5 rings (SSSR count). The highest BCUT2D eigenvalue weighted by atomic mass is 16.7. The third-order valence-corrected chi connectivity index (χ3v) is 6.85. The van der Waals surface area contributed by atoms with Crippen molar-refractivity contribution in [1.82, 2.24) is 0 Å². The third kappa shape index (κ3) is 0.962. The summed E-state index contributed by atoms with van der Waals surface area (Å²) < 4.78 is 16.5. The number of carbonyl (C=O) groups excluding carboxylic acids is 2. The summed E-state index contributed by atoms with van der Waals surface area (Å²) in [6.07, 6.45) is -1.78. The lowest BCUT2D eigenvalue weighted by Crippen LogP contribution is -2.68. The van der Waals surface area contributed by atoms with Crippen LogP contribution in [0.2, 0.25) is 0 Å². The predicted octanol–water partition coefficient (Wildman–Crippen LogP) is -0.867. The number of ether oxygens (including phenoxy) is 3. The molecular formula is C15H18O7. The minimum atomic E-state index is -1.47. The highest BCUT2D eigenvalue weighted by Gasteiger charge is 2.95. The normalized spacial score (nSPS) is 60.7. The Morgan fingerprint density at radius 1 is 1.27 bits per heavy atom. The van der Waals surface area contributed by atoms with E-state index in [0.29, 0.717) is 0 Å². The van der Waals surface area contributed by atoms with E-state index < -0.39 is 64.3 Å². The SMILES string of the molecule is CC(C)(O)C1[C@H]2OC(=O)[C@@H]1C1(O)C[C@H]3O[C@]34C(=O)O[C@H]2[C@]14C. The summed E-state index contributed by atoms with van der Waals surface area (Å²) in [4.78, 5) is 24.8. The molecule has 0 aromatic rings. The van der Waals surface area contributed by atoms with Crippen LogP contribution in [0.4, 0.5) is 0 Å². The van der Waals surface area contributed by atoms with Gasteiger partial charge in [0, 0.05) is 12.3 Å². The Balaban J connectivity index is 1.76. The van der Waals surface area contributed by atoms with Crippen molar-refractivity contribution >= 4 is 11.9 Å². The van der Waals surface area contributed by atoms with Gasteiger partial charge >= 0.3 is 11.9 Å². The molecule has 2 aliphatic carbocycles. The number of aliphatic hydroxyl groups is 2. The molecule has 7 heteroatoms. The van der Waals surface area contributed by atoms with E-state index in [-0.39, 0.29) is 6.42 Å². The van der Waals surface area contributed by atoms with Crippen LogP contribution in [0.15, 0.2) is 0 Å². The summed E-state index contributed by atoms with van der Waals surface area (Å²) in [5.41, 5.74) is -4.89. The van der Waals surface area contributed by atoms with Crippen molar-refractivity contribution in [2.45, 2.75) is 62.3 Å². The first-order chi connectivity index (χ1) is 10.1. The summed E-state index contributed by atoms with van der Waals surface area (Å²) in [7, 11) is 0. The molecule has 8 atom stereocenters. The summed E-state index contributed by atoms with van der Waals surface area (Å²) in [5, 5.41) is 21.9. The van der Waals surface area contributed by atoms with Crippen LogP contribution < -0.4 is 0 Å². The molecule has 2 bridgehead atoms. The maximum absolute atomic E-state index is 12.4. The lowest BCUT2D eigenvalue weighted by molar-refractivity contribution is -0.223. The molecule has 0 radical (unpaired) electrons. The van der Waals surface area contributed by atoms with E-state index in [0.717, 1.165) is 0 Å². The minimum absolute atomic E-state index is 0.189. The van der Waals surface area contributed by atoms with Crippen molar-refractivity contribution in [1.29, 1.82) is 0 Å². The maximum atomic E-state index is 12.4. The number of rotatable bonds is 1. The average Bonchev–Trinajstić information content (AvgIpc) is 2.85. The molecule has 3 heterocycles. The quantitative estimate of drug-likeness (QED) is 0.479. The smallest absolute Gasteiger partial charge is 0.342 e. The van der Waals surface area contributed by atoms with Crippen molar-refractivity contribution in [3.05, 3.63) is 0 Å². The van der Waals surface area contributed by atoms with Crippen LogP contribution in [0, 0.1) is 17.3 Å². The topological polar surface area (TPSA) is 106 Å². The van der Waals surface area contributed by atoms with Crippen LogP contribution in [-0.2, 0) is 23.8 Å². The van der Waals surface area contributed by atoms with Gasteiger partial charge < -0.3 is 24.4 Å². The van der Waals surface area contributed by atoms with Gasteiger partial charge in [0.1, 0.15) is 12.2 Å². The first kappa shape index (κ1) is 13.3. The fourth-order valence-electron chi connectivity index (χ4n) is 5.83. The number of epoxide rings is 1. The Labute approximate surface area is 126 Å². The molecule has 2 unspecified atom stereocenters. The minimum Gasteiger partial charge on any atom is -0.458 e. The van der Waals surface area contributed by atoms with Gasteiger partial charge in [-0.3, -0.25) is 4.79 Å². The first-order valence-electron chi connectivity index (χ1n) is 7.63. The molecule has 3 aliphatic heterocycles. The van der Waals surface area contributed by atoms with E-state index in [4.69, 9.17) is 14.2 Å². The number of hydrogen-bond donors (Lipinski definition) is 2. The molecule has 0 aromatic carbocycles. The van der Waals surface area contributed by atoms with Crippen LogP contribution in [0.25, 0.3) is 0 Å². The predicted molar refractivity (Wildman–Crippen MR) is 68.3 cm³/mol. The zero-order valence-corrected chi connectivity index (χ0v) is 12.5. The van der Waals surface area contributed by atoms with Crippen LogP contribution >= 0.6 is 0 Å². The molecule has 2 N–H and O–H groups in total. The Kier molecular flexibility index (Phi) is 1.85. The highest BCUT2D eigenvalue weighted by molar-refractivity contribution is 5.91. The molecular weight excluding hydrogens is 292 g/mol. The van der Waals surface area contributed by atoms with Gasteiger partial charge in [0.25, 0.3) is 0 Å². The molecule has 5 aliphatic rings. The van der Waals surface area contributed by atoms with Crippen LogP contribution in [0.5, 0.6) is 0 Å². The summed E-state index contributed by atoms with van der Waals surface area (Å²) >= 11 is 0. The number of esters is 2. The van der Waals surface area contributed by atoms with Crippen LogP contribution in [-0.4, -0.2) is 57.3 Å². The van der Waals surface area contributed by atoms with Gasteiger partial charge in [-0.25, -0.2) is 4.79 Å². The number of hydrogen-bond acceptors (Lipinski definition) is 7. The summed E-state index contributed by atoms with van der Waals surface area (Å²) in [6, 6.07) is 0. The van der Waals surface area contributed by atoms with Crippen molar-refractivity contribution in [2.75, 3.05) is 0 Å². The van der Waals surface area contributed by atoms with Crippen LogP contribution in [0.3, 0.4) is 0 Å². The average molecular weight is 310 g/mol. The second kappa shape index (κ2) is 3.07.